The highest BCUT2D eigenvalue weighted by molar-refractivity contribution is 6.24. The lowest BCUT2D eigenvalue weighted by atomic mass is 10.1. The zero-order valence-electron chi connectivity index (χ0n) is 15.9. The van der Waals surface area contributed by atoms with Gasteiger partial charge in [-0.25, -0.2) is 0 Å². The topological polar surface area (TPSA) is 136 Å². The molecule has 10 nitrogen and oxygen atoms in total. The number of imide groups is 1. The molecule has 2 aromatic carbocycles. The molecule has 0 unspecified atom stereocenters. The van der Waals surface area contributed by atoms with Crippen LogP contribution in [0.3, 0.4) is 0 Å². The van der Waals surface area contributed by atoms with Gasteiger partial charge < -0.3 is 10.1 Å². The second kappa shape index (κ2) is 8.52. The lowest BCUT2D eigenvalue weighted by molar-refractivity contribution is -0.385. The molecule has 0 aromatic heterocycles. The van der Waals surface area contributed by atoms with Gasteiger partial charge in [0.1, 0.15) is 12.1 Å². The fourth-order valence-electron chi connectivity index (χ4n) is 3.04. The standard InChI is InChI=1S/C20H17N3O7/c1-12(13-6-3-2-4-7-13)21-16(24)11-30-17(25)10-22-19(26)14-8-5-9-15(23(28)29)18(14)20(22)27/h2-9,12H,10-11H2,1H3,(H,21,24)/t12-/m1/s1. The smallest absolute Gasteiger partial charge is 0.326 e. The first kappa shape index (κ1) is 20.6. The van der Waals surface area contributed by atoms with Crippen LogP contribution in [0.4, 0.5) is 5.69 Å². The predicted octanol–water partition coefficient (Wildman–Crippen LogP) is 1.61. The minimum Gasteiger partial charge on any atom is -0.454 e. The summed E-state index contributed by atoms with van der Waals surface area (Å²) in [5, 5.41) is 13.8. The first-order valence-corrected chi connectivity index (χ1v) is 8.93. The zero-order chi connectivity index (χ0) is 21.8. The van der Waals surface area contributed by atoms with Gasteiger partial charge in [0.15, 0.2) is 6.61 Å². The maximum atomic E-state index is 12.4. The number of nitro groups is 1. The fourth-order valence-corrected chi connectivity index (χ4v) is 3.04. The van der Waals surface area contributed by atoms with Gasteiger partial charge in [0.05, 0.1) is 16.5 Å². The molecule has 0 radical (unpaired) electrons. The van der Waals surface area contributed by atoms with Crippen molar-refractivity contribution >= 4 is 29.4 Å². The molecule has 1 atom stereocenters. The minimum absolute atomic E-state index is 0.156. The van der Waals surface area contributed by atoms with E-state index in [4.69, 9.17) is 4.74 Å². The van der Waals surface area contributed by atoms with Crippen LogP contribution in [0.15, 0.2) is 48.5 Å². The maximum absolute atomic E-state index is 12.4. The molecule has 1 heterocycles. The number of esters is 1. The summed E-state index contributed by atoms with van der Waals surface area (Å²) < 4.78 is 4.84. The number of nitrogens with one attached hydrogen (secondary N) is 1. The highest BCUT2D eigenvalue weighted by Gasteiger charge is 2.41. The van der Waals surface area contributed by atoms with Gasteiger partial charge in [-0.1, -0.05) is 36.4 Å². The second-order valence-electron chi connectivity index (χ2n) is 6.51. The van der Waals surface area contributed by atoms with Crippen molar-refractivity contribution in [3.8, 4) is 0 Å². The largest absolute Gasteiger partial charge is 0.454 e. The molecular formula is C20H17N3O7. The molecule has 0 fully saturated rings. The van der Waals surface area contributed by atoms with Crippen LogP contribution in [0.1, 0.15) is 39.2 Å². The predicted molar refractivity (Wildman–Crippen MR) is 102 cm³/mol. The summed E-state index contributed by atoms with van der Waals surface area (Å²) in [4.78, 5) is 59.7. The summed E-state index contributed by atoms with van der Waals surface area (Å²) in [7, 11) is 0. The fraction of sp³-hybridized carbons (Fsp3) is 0.200. The van der Waals surface area contributed by atoms with E-state index in [0.717, 1.165) is 11.6 Å². The molecular weight excluding hydrogens is 394 g/mol. The Morgan fingerprint density at radius 3 is 2.47 bits per heavy atom. The Morgan fingerprint density at radius 2 is 1.80 bits per heavy atom. The number of nitrogens with zero attached hydrogens (tertiary/aromatic N) is 2. The van der Waals surface area contributed by atoms with Crippen LogP contribution in [0, 0.1) is 10.1 Å². The van der Waals surface area contributed by atoms with Crippen molar-refractivity contribution in [1.82, 2.24) is 10.2 Å². The normalized spacial score (nSPS) is 13.6. The van der Waals surface area contributed by atoms with Crippen LogP contribution < -0.4 is 5.32 Å². The molecule has 3 rings (SSSR count). The van der Waals surface area contributed by atoms with Crippen molar-refractivity contribution in [3.63, 3.8) is 0 Å². The molecule has 2 aromatic rings. The minimum atomic E-state index is -0.991. The molecule has 1 aliphatic heterocycles. The summed E-state index contributed by atoms with van der Waals surface area (Å²) in [6, 6.07) is 12.5. The van der Waals surface area contributed by atoms with E-state index in [1.165, 1.54) is 12.1 Å². The Hall–Kier alpha value is -4.08. The Bertz CT molecular complexity index is 1040. The van der Waals surface area contributed by atoms with E-state index in [-0.39, 0.29) is 17.2 Å². The van der Waals surface area contributed by atoms with Crippen LogP contribution in [0.25, 0.3) is 0 Å². The molecule has 0 spiro atoms. The number of benzene rings is 2. The molecule has 1 aliphatic rings. The van der Waals surface area contributed by atoms with Crippen molar-refractivity contribution < 1.29 is 28.8 Å². The quantitative estimate of drug-likeness (QED) is 0.316. The number of amides is 3. The van der Waals surface area contributed by atoms with E-state index >= 15 is 0 Å². The molecule has 3 amide bonds. The third kappa shape index (κ3) is 4.17. The van der Waals surface area contributed by atoms with Crippen LogP contribution in [-0.2, 0) is 14.3 Å². The molecule has 30 heavy (non-hydrogen) atoms. The Kier molecular flexibility index (Phi) is 5.86. The number of fused-ring (bicyclic) bond motifs is 1. The average Bonchev–Trinajstić information content (AvgIpc) is 2.97. The van der Waals surface area contributed by atoms with E-state index in [1.54, 1.807) is 6.92 Å². The number of nitro benzene ring substituents is 1. The number of hydrogen-bond donors (Lipinski definition) is 1. The maximum Gasteiger partial charge on any atom is 0.326 e. The van der Waals surface area contributed by atoms with E-state index in [2.05, 4.69) is 5.32 Å². The Morgan fingerprint density at radius 1 is 1.10 bits per heavy atom. The number of hydrogen-bond acceptors (Lipinski definition) is 7. The van der Waals surface area contributed by atoms with Crippen molar-refractivity contribution in [1.29, 1.82) is 0 Å². The lowest BCUT2D eigenvalue weighted by Crippen LogP contribution is -2.37. The van der Waals surface area contributed by atoms with Gasteiger partial charge in [0.2, 0.25) is 0 Å². The summed E-state index contributed by atoms with van der Waals surface area (Å²) in [5.41, 5.74) is -0.174. The SMILES string of the molecule is C[C@@H](NC(=O)COC(=O)CN1C(=O)c2cccc([N+](=O)[O-])c2C1=O)c1ccccc1. The lowest BCUT2D eigenvalue weighted by Gasteiger charge is -2.15. The van der Waals surface area contributed by atoms with E-state index in [9.17, 15) is 29.3 Å². The van der Waals surface area contributed by atoms with E-state index in [0.29, 0.717) is 4.90 Å². The molecule has 0 bridgehead atoms. The number of ether oxygens (including phenoxy) is 1. The third-order valence-electron chi connectivity index (χ3n) is 4.50. The molecule has 10 heteroatoms. The van der Waals surface area contributed by atoms with Crippen LogP contribution in [0.5, 0.6) is 0 Å². The second-order valence-corrected chi connectivity index (χ2v) is 6.51. The Labute approximate surface area is 170 Å². The summed E-state index contributed by atoms with van der Waals surface area (Å²) in [5.74, 6) is -3.34. The summed E-state index contributed by atoms with van der Waals surface area (Å²) in [6.07, 6.45) is 0. The molecule has 154 valence electrons. The average molecular weight is 411 g/mol. The van der Waals surface area contributed by atoms with E-state index < -0.39 is 47.5 Å². The Balaban J connectivity index is 1.57. The molecule has 0 saturated heterocycles. The van der Waals surface area contributed by atoms with Crippen molar-refractivity contribution in [2.75, 3.05) is 13.2 Å². The highest BCUT2D eigenvalue weighted by Crippen LogP contribution is 2.30. The zero-order valence-corrected chi connectivity index (χ0v) is 15.9. The van der Waals surface area contributed by atoms with Gasteiger partial charge in [0, 0.05) is 6.07 Å². The molecule has 0 saturated carbocycles. The van der Waals surface area contributed by atoms with Crippen molar-refractivity contribution in [2.45, 2.75) is 13.0 Å². The molecule has 1 N–H and O–H groups in total. The van der Waals surface area contributed by atoms with Gasteiger partial charge in [-0.2, -0.15) is 0 Å². The van der Waals surface area contributed by atoms with Gasteiger partial charge >= 0.3 is 5.97 Å². The monoisotopic (exact) mass is 411 g/mol. The van der Waals surface area contributed by atoms with Gasteiger partial charge in [-0.05, 0) is 18.6 Å². The third-order valence-corrected chi connectivity index (χ3v) is 4.50. The summed E-state index contributed by atoms with van der Waals surface area (Å²) in [6.45, 7) is 0.408. The highest BCUT2D eigenvalue weighted by atomic mass is 16.6. The first-order valence-electron chi connectivity index (χ1n) is 8.93. The van der Waals surface area contributed by atoms with Crippen LogP contribution in [-0.4, -0.2) is 46.7 Å². The molecule has 0 aliphatic carbocycles. The van der Waals surface area contributed by atoms with Gasteiger partial charge in [-0.15, -0.1) is 0 Å². The van der Waals surface area contributed by atoms with Crippen molar-refractivity contribution in [3.05, 3.63) is 75.3 Å². The van der Waals surface area contributed by atoms with Crippen molar-refractivity contribution in [2.24, 2.45) is 0 Å². The van der Waals surface area contributed by atoms with Gasteiger partial charge in [-0.3, -0.25) is 34.2 Å². The number of rotatable bonds is 7. The van der Waals surface area contributed by atoms with E-state index in [1.807, 2.05) is 30.3 Å². The first-order chi connectivity index (χ1) is 14.3. The van der Waals surface area contributed by atoms with Gasteiger partial charge in [0.25, 0.3) is 23.4 Å². The number of carbonyl (C=O) groups excluding carboxylic acids is 4. The number of carbonyl (C=O) groups is 4. The van der Waals surface area contributed by atoms with Crippen LogP contribution in [0.2, 0.25) is 0 Å². The van der Waals surface area contributed by atoms with Crippen LogP contribution >= 0.6 is 0 Å². The summed E-state index contributed by atoms with van der Waals surface area (Å²) >= 11 is 0.